The largest absolute Gasteiger partial charge is 0.492 e. The van der Waals surface area contributed by atoms with Crippen molar-refractivity contribution in [3.05, 3.63) is 30.1 Å². The highest BCUT2D eigenvalue weighted by molar-refractivity contribution is 5.23. The summed E-state index contributed by atoms with van der Waals surface area (Å²) in [5, 5.41) is 3.22. The Hall–Kier alpha value is -1.09. The van der Waals surface area contributed by atoms with Gasteiger partial charge >= 0.3 is 0 Å². The number of nitrogens with one attached hydrogen (secondary N) is 1. The molecule has 2 nitrogen and oxygen atoms in total. The third-order valence-electron chi connectivity index (χ3n) is 2.70. The smallest absolute Gasteiger partial charge is 0.126 e. The lowest BCUT2D eigenvalue weighted by molar-refractivity contribution is 0.258. The summed E-state index contributed by atoms with van der Waals surface area (Å²) < 4.78 is 18.3. The average Bonchev–Trinajstić information content (AvgIpc) is 2.96. The van der Waals surface area contributed by atoms with Crippen molar-refractivity contribution in [2.45, 2.75) is 18.4 Å². The summed E-state index contributed by atoms with van der Waals surface area (Å²) in [5.41, 5.74) is 0.145. The fourth-order valence-corrected chi connectivity index (χ4v) is 1.40. The fraction of sp³-hybridized carbons (Fsp3) is 0.455. The summed E-state index contributed by atoms with van der Waals surface area (Å²) in [4.78, 5) is 0. The van der Waals surface area contributed by atoms with Gasteiger partial charge in [-0.3, -0.25) is 0 Å². The summed E-state index contributed by atoms with van der Waals surface area (Å²) in [6, 6.07) is 6.25. The minimum atomic E-state index is -0.253. The van der Waals surface area contributed by atoms with Crippen LogP contribution < -0.4 is 10.1 Å². The van der Waals surface area contributed by atoms with Gasteiger partial charge in [0, 0.05) is 6.07 Å². The van der Waals surface area contributed by atoms with Gasteiger partial charge in [0.2, 0.25) is 0 Å². The number of hydrogen-bond acceptors (Lipinski definition) is 2. The maximum absolute atomic E-state index is 12.8. The molecule has 1 saturated carbocycles. The molecule has 1 N–H and O–H groups in total. The molecule has 14 heavy (non-hydrogen) atoms. The number of likely N-dealkylation sites (N-methyl/N-ethyl adjacent to an activating group) is 1. The van der Waals surface area contributed by atoms with E-state index in [1.54, 1.807) is 12.1 Å². The van der Waals surface area contributed by atoms with Gasteiger partial charge < -0.3 is 10.1 Å². The molecule has 1 aromatic rings. The Morgan fingerprint density at radius 3 is 2.86 bits per heavy atom. The number of benzene rings is 1. The highest BCUT2D eigenvalue weighted by Crippen LogP contribution is 2.35. The standard InChI is InChI=1S/C11H14FNO/c1-13-11(5-6-11)8-14-10-4-2-3-9(12)7-10/h2-4,7,13H,5-6,8H2,1H3. The Morgan fingerprint density at radius 2 is 2.29 bits per heavy atom. The zero-order valence-corrected chi connectivity index (χ0v) is 8.22. The van der Waals surface area contributed by atoms with Gasteiger partial charge in [-0.2, -0.15) is 0 Å². The van der Waals surface area contributed by atoms with Crippen molar-refractivity contribution in [2.24, 2.45) is 0 Å². The van der Waals surface area contributed by atoms with Crippen molar-refractivity contribution in [3.63, 3.8) is 0 Å². The quantitative estimate of drug-likeness (QED) is 0.793. The van der Waals surface area contributed by atoms with Crippen LogP contribution >= 0.6 is 0 Å². The van der Waals surface area contributed by atoms with E-state index in [1.165, 1.54) is 12.1 Å². The molecular formula is C11H14FNO. The lowest BCUT2D eigenvalue weighted by Crippen LogP contribution is -2.33. The minimum Gasteiger partial charge on any atom is -0.492 e. The molecule has 0 amide bonds. The van der Waals surface area contributed by atoms with Crippen molar-refractivity contribution in [3.8, 4) is 5.75 Å². The van der Waals surface area contributed by atoms with E-state index in [-0.39, 0.29) is 11.4 Å². The van der Waals surface area contributed by atoms with Gasteiger partial charge in [-0.1, -0.05) is 6.07 Å². The Balaban J connectivity index is 1.92. The van der Waals surface area contributed by atoms with Crippen molar-refractivity contribution < 1.29 is 9.13 Å². The van der Waals surface area contributed by atoms with Crippen LogP contribution in [-0.2, 0) is 0 Å². The third kappa shape index (κ3) is 2.04. The number of ether oxygens (including phenoxy) is 1. The number of halogens is 1. The van der Waals surface area contributed by atoms with Gasteiger partial charge in [0.25, 0.3) is 0 Å². The first-order valence-corrected chi connectivity index (χ1v) is 4.81. The lowest BCUT2D eigenvalue weighted by atomic mass is 10.3. The van der Waals surface area contributed by atoms with Crippen LogP contribution in [0.4, 0.5) is 4.39 Å². The highest BCUT2D eigenvalue weighted by Gasteiger charge is 2.41. The Morgan fingerprint density at radius 1 is 1.50 bits per heavy atom. The molecule has 0 aromatic heterocycles. The first-order chi connectivity index (χ1) is 6.74. The van der Waals surface area contributed by atoms with Crippen LogP contribution in [0.1, 0.15) is 12.8 Å². The highest BCUT2D eigenvalue weighted by atomic mass is 19.1. The summed E-state index contributed by atoms with van der Waals surface area (Å²) in [6.07, 6.45) is 2.28. The summed E-state index contributed by atoms with van der Waals surface area (Å²) in [5.74, 6) is 0.350. The summed E-state index contributed by atoms with van der Waals surface area (Å²) in [7, 11) is 1.93. The predicted octanol–water partition coefficient (Wildman–Crippen LogP) is 1.96. The van der Waals surface area contributed by atoms with Crippen molar-refractivity contribution >= 4 is 0 Å². The van der Waals surface area contributed by atoms with E-state index >= 15 is 0 Å². The molecular weight excluding hydrogens is 181 g/mol. The average molecular weight is 195 g/mol. The molecule has 0 unspecified atom stereocenters. The summed E-state index contributed by atoms with van der Waals surface area (Å²) in [6.45, 7) is 0.618. The van der Waals surface area contributed by atoms with Crippen LogP contribution in [-0.4, -0.2) is 19.2 Å². The molecule has 3 heteroatoms. The van der Waals surface area contributed by atoms with Crippen LogP contribution in [0.25, 0.3) is 0 Å². The molecule has 0 bridgehead atoms. The lowest BCUT2D eigenvalue weighted by Gasteiger charge is -2.14. The van der Waals surface area contributed by atoms with Gasteiger partial charge in [0.15, 0.2) is 0 Å². The maximum atomic E-state index is 12.8. The monoisotopic (exact) mass is 195 g/mol. The SMILES string of the molecule is CNC1(COc2cccc(F)c2)CC1. The number of hydrogen-bond donors (Lipinski definition) is 1. The molecule has 0 aliphatic heterocycles. The third-order valence-corrected chi connectivity index (χ3v) is 2.70. The maximum Gasteiger partial charge on any atom is 0.126 e. The molecule has 2 rings (SSSR count). The van der Waals surface area contributed by atoms with Crippen LogP contribution in [0.15, 0.2) is 24.3 Å². The zero-order valence-electron chi connectivity index (χ0n) is 8.22. The van der Waals surface area contributed by atoms with Gasteiger partial charge in [-0.05, 0) is 32.0 Å². The van der Waals surface area contributed by atoms with Crippen LogP contribution in [0.5, 0.6) is 5.75 Å². The Labute approximate surface area is 83.1 Å². The van der Waals surface area contributed by atoms with E-state index in [4.69, 9.17) is 4.74 Å². The molecule has 0 saturated heterocycles. The predicted molar refractivity (Wildman–Crippen MR) is 52.9 cm³/mol. The second kappa shape index (κ2) is 3.58. The zero-order chi connectivity index (χ0) is 10.0. The van der Waals surface area contributed by atoms with E-state index in [0.717, 1.165) is 12.8 Å². The fourth-order valence-electron chi connectivity index (χ4n) is 1.40. The van der Waals surface area contributed by atoms with Crippen LogP contribution in [0, 0.1) is 5.82 Å². The Bertz CT molecular complexity index is 323. The van der Waals surface area contributed by atoms with E-state index in [9.17, 15) is 4.39 Å². The van der Waals surface area contributed by atoms with E-state index in [0.29, 0.717) is 12.4 Å². The molecule has 76 valence electrons. The molecule has 1 fully saturated rings. The second-order valence-corrected chi connectivity index (χ2v) is 3.78. The first kappa shape index (κ1) is 9.46. The molecule has 1 aliphatic carbocycles. The van der Waals surface area contributed by atoms with Crippen LogP contribution in [0.2, 0.25) is 0 Å². The van der Waals surface area contributed by atoms with Crippen molar-refractivity contribution in [1.82, 2.24) is 5.32 Å². The molecule has 1 aromatic carbocycles. The second-order valence-electron chi connectivity index (χ2n) is 3.78. The van der Waals surface area contributed by atoms with E-state index in [1.807, 2.05) is 7.05 Å². The van der Waals surface area contributed by atoms with E-state index in [2.05, 4.69) is 5.32 Å². The van der Waals surface area contributed by atoms with E-state index < -0.39 is 0 Å². The topological polar surface area (TPSA) is 21.3 Å². The van der Waals surface area contributed by atoms with Crippen molar-refractivity contribution in [1.29, 1.82) is 0 Å². The minimum absolute atomic E-state index is 0.145. The van der Waals surface area contributed by atoms with Gasteiger partial charge in [-0.25, -0.2) is 4.39 Å². The first-order valence-electron chi connectivity index (χ1n) is 4.81. The molecule has 0 radical (unpaired) electrons. The molecule has 0 spiro atoms. The normalized spacial score (nSPS) is 17.9. The van der Waals surface area contributed by atoms with Gasteiger partial charge in [0.1, 0.15) is 18.2 Å². The molecule has 1 aliphatic rings. The molecule has 0 atom stereocenters. The molecule has 0 heterocycles. The van der Waals surface area contributed by atoms with Gasteiger partial charge in [0.05, 0.1) is 5.54 Å². The number of rotatable bonds is 4. The van der Waals surface area contributed by atoms with Gasteiger partial charge in [-0.15, -0.1) is 0 Å². The summed E-state index contributed by atoms with van der Waals surface area (Å²) >= 11 is 0. The van der Waals surface area contributed by atoms with Crippen LogP contribution in [0.3, 0.4) is 0 Å². The van der Waals surface area contributed by atoms with Crippen molar-refractivity contribution in [2.75, 3.05) is 13.7 Å². The Kier molecular flexibility index (Phi) is 2.42.